The second kappa shape index (κ2) is 10.4. The Hall–Kier alpha value is -1.53. The van der Waals surface area contributed by atoms with Gasteiger partial charge in [-0.15, -0.1) is 11.8 Å². The molecule has 2 rings (SSSR count). The van der Waals surface area contributed by atoms with Crippen molar-refractivity contribution in [1.82, 2.24) is 10.6 Å². The van der Waals surface area contributed by atoms with E-state index in [-0.39, 0.29) is 17.6 Å². The molecular weight excluding hydrogens is 322 g/mol. The Balaban J connectivity index is 1.53. The van der Waals surface area contributed by atoms with E-state index in [1.807, 2.05) is 31.2 Å². The molecule has 0 aliphatic carbocycles. The van der Waals surface area contributed by atoms with E-state index in [4.69, 9.17) is 0 Å². The van der Waals surface area contributed by atoms with Crippen molar-refractivity contribution < 1.29 is 9.59 Å². The third-order valence-corrected chi connectivity index (χ3v) is 5.01. The number of thioether (sulfide) groups is 1. The number of hydrogen-bond acceptors (Lipinski definition) is 4. The van der Waals surface area contributed by atoms with E-state index in [0.29, 0.717) is 11.7 Å². The fourth-order valence-corrected chi connectivity index (χ4v) is 3.35. The van der Waals surface area contributed by atoms with Crippen LogP contribution in [-0.2, 0) is 9.59 Å². The standard InChI is InChI=1S/C18H27N3O2S/c1-14-4-6-16(7-5-14)21-18(23)13-24-12-17(22)20-10-8-15-3-2-9-19-11-15/h4-7,15,19H,2-3,8-13H2,1H3,(H,20,22)(H,21,23). The van der Waals surface area contributed by atoms with Gasteiger partial charge in [-0.05, 0) is 57.3 Å². The molecule has 24 heavy (non-hydrogen) atoms. The van der Waals surface area contributed by atoms with Crippen LogP contribution >= 0.6 is 11.8 Å². The predicted molar refractivity (Wildman–Crippen MR) is 100 cm³/mol. The van der Waals surface area contributed by atoms with Crippen molar-refractivity contribution in [3.05, 3.63) is 29.8 Å². The summed E-state index contributed by atoms with van der Waals surface area (Å²) in [6, 6.07) is 7.67. The number of carbonyl (C=O) groups excluding carboxylic acids is 2. The molecule has 1 aliphatic heterocycles. The zero-order valence-electron chi connectivity index (χ0n) is 14.3. The van der Waals surface area contributed by atoms with Gasteiger partial charge in [-0.3, -0.25) is 9.59 Å². The molecule has 1 aliphatic rings. The second-order valence-corrected chi connectivity index (χ2v) is 7.24. The molecule has 3 N–H and O–H groups in total. The highest BCUT2D eigenvalue weighted by Crippen LogP contribution is 2.13. The lowest BCUT2D eigenvalue weighted by Crippen LogP contribution is -2.33. The van der Waals surface area contributed by atoms with Crippen LogP contribution in [0.1, 0.15) is 24.8 Å². The molecule has 1 aromatic rings. The third kappa shape index (κ3) is 7.36. The average Bonchev–Trinajstić information content (AvgIpc) is 2.58. The van der Waals surface area contributed by atoms with Crippen molar-refractivity contribution in [3.63, 3.8) is 0 Å². The summed E-state index contributed by atoms with van der Waals surface area (Å²) in [6.45, 7) is 4.90. The summed E-state index contributed by atoms with van der Waals surface area (Å²) >= 11 is 1.34. The fraction of sp³-hybridized carbons (Fsp3) is 0.556. The highest BCUT2D eigenvalue weighted by molar-refractivity contribution is 8.00. The molecule has 1 aromatic carbocycles. The van der Waals surface area contributed by atoms with E-state index in [1.54, 1.807) is 0 Å². The number of piperidine rings is 1. The summed E-state index contributed by atoms with van der Waals surface area (Å²) in [5.74, 6) is 1.21. The van der Waals surface area contributed by atoms with Gasteiger partial charge < -0.3 is 16.0 Å². The maximum absolute atomic E-state index is 11.8. The van der Waals surface area contributed by atoms with E-state index >= 15 is 0 Å². The highest BCUT2D eigenvalue weighted by atomic mass is 32.2. The molecule has 132 valence electrons. The van der Waals surface area contributed by atoms with Crippen LogP contribution in [0.3, 0.4) is 0 Å². The SMILES string of the molecule is Cc1ccc(NC(=O)CSCC(=O)NCCC2CCCNC2)cc1. The molecule has 0 saturated carbocycles. The van der Waals surface area contributed by atoms with Crippen LogP contribution in [0.2, 0.25) is 0 Å². The van der Waals surface area contributed by atoms with Gasteiger partial charge in [0.25, 0.3) is 0 Å². The zero-order valence-corrected chi connectivity index (χ0v) is 15.1. The lowest BCUT2D eigenvalue weighted by molar-refractivity contribution is -0.118. The topological polar surface area (TPSA) is 70.2 Å². The van der Waals surface area contributed by atoms with E-state index in [9.17, 15) is 9.59 Å². The second-order valence-electron chi connectivity index (χ2n) is 6.26. The molecule has 2 amide bonds. The van der Waals surface area contributed by atoms with Gasteiger partial charge in [0.2, 0.25) is 11.8 Å². The zero-order chi connectivity index (χ0) is 17.2. The van der Waals surface area contributed by atoms with E-state index < -0.39 is 0 Å². The molecule has 6 heteroatoms. The lowest BCUT2D eigenvalue weighted by Gasteiger charge is -2.22. The van der Waals surface area contributed by atoms with Gasteiger partial charge in [-0.1, -0.05) is 17.7 Å². The van der Waals surface area contributed by atoms with Crippen molar-refractivity contribution in [3.8, 4) is 0 Å². The summed E-state index contributed by atoms with van der Waals surface area (Å²) in [7, 11) is 0. The number of rotatable bonds is 8. The van der Waals surface area contributed by atoms with E-state index in [1.165, 1.54) is 24.6 Å². The van der Waals surface area contributed by atoms with Crippen molar-refractivity contribution in [2.75, 3.05) is 36.5 Å². The Morgan fingerprint density at radius 1 is 1.21 bits per heavy atom. The van der Waals surface area contributed by atoms with Gasteiger partial charge >= 0.3 is 0 Å². The van der Waals surface area contributed by atoms with Gasteiger partial charge in [0.15, 0.2) is 0 Å². The minimum Gasteiger partial charge on any atom is -0.355 e. The Kier molecular flexibility index (Phi) is 8.12. The molecule has 0 aromatic heterocycles. The molecular formula is C18H27N3O2S. The Bertz CT molecular complexity index is 528. The van der Waals surface area contributed by atoms with Crippen molar-refractivity contribution in [2.45, 2.75) is 26.2 Å². The highest BCUT2D eigenvalue weighted by Gasteiger charge is 2.13. The number of carbonyl (C=O) groups is 2. The molecule has 1 atom stereocenters. The average molecular weight is 350 g/mol. The van der Waals surface area contributed by atoms with Crippen molar-refractivity contribution >= 4 is 29.3 Å². The molecule has 5 nitrogen and oxygen atoms in total. The Morgan fingerprint density at radius 3 is 2.67 bits per heavy atom. The van der Waals surface area contributed by atoms with Crippen LogP contribution in [0.5, 0.6) is 0 Å². The molecule has 0 bridgehead atoms. The number of nitrogens with one attached hydrogen (secondary N) is 3. The minimum absolute atomic E-state index is 0.00639. The molecule has 1 unspecified atom stereocenters. The van der Waals surface area contributed by atoms with Crippen molar-refractivity contribution in [1.29, 1.82) is 0 Å². The van der Waals surface area contributed by atoms with Crippen LogP contribution in [0.15, 0.2) is 24.3 Å². The Labute approximate surface area is 148 Å². The van der Waals surface area contributed by atoms with Crippen LogP contribution in [0, 0.1) is 12.8 Å². The smallest absolute Gasteiger partial charge is 0.234 e. The summed E-state index contributed by atoms with van der Waals surface area (Å²) < 4.78 is 0. The monoisotopic (exact) mass is 349 g/mol. The first-order valence-electron chi connectivity index (χ1n) is 8.55. The number of hydrogen-bond donors (Lipinski definition) is 3. The molecule has 1 fully saturated rings. The quantitative estimate of drug-likeness (QED) is 0.673. The third-order valence-electron chi connectivity index (χ3n) is 4.08. The first-order chi connectivity index (χ1) is 11.6. The summed E-state index contributed by atoms with van der Waals surface area (Å²) in [5.41, 5.74) is 1.94. The van der Waals surface area contributed by atoms with Gasteiger partial charge in [-0.2, -0.15) is 0 Å². The summed E-state index contributed by atoms with van der Waals surface area (Å²) in [5, 5.41) is 9.15. The first kappa shape index (κ1) is 18.8. The minimum atomic E-state index is -0.0788. The van der Waals surface area contributed by atoms with Gasteiger partial charge in [0.05, 0.1) is 11.5 Å². The van der Waals surface area contributed by atoms with Crippen LogP contribution in [0.25, 0.3) is 0 Å². The lowest BCUT2D eigenvalue weighted by atomic mass is 9.96. The van der Waals surface area contributed by atoms with Gasteiger partial charge in [0, 0.05) is 12.2 Å². The summed E-state index contributed by atoms with van der Waals surface area (Å²) in [4.78, 5) is 23.6. The van der Waals surface area contributed by atoms with Crippen LogP contribution in [-0.4, -0.2) is 43.0 Å². The normalized spacial score (nSPS) is 17.3. The van der Waals surface area contributed by atoms with Crippen molar-refractivity contribution in [2.24, 2.45) is 5.92 Å². The maximum atomic E-state index is 11.8. The van der Waals surface area contributed by atoms with Gasteiger partial charge in [0.1, 0.15) is 0 Å². The number of aryl methyl sites for hydroxylation is 1. The largest absolute Gasteiger partial charge is 0.355 e. The summed E-state index contributed by atoms with van der Waals surface area (Å²) in [6.07, 6.45) is 3.50. The maximum Gasteiger partial charge on any atom is 0.234 e. The number of amides is 2. The van der Waals surface area contributed by atoms with E-state index in [0.717, 1.165) is 37.3 Å². The van der Waals surface area contributed by atoms with E-state index in [2.05, 4.69) is 16.0 Å². The van der Waals surface area contributed by atoms with Gasteiger partial charge in [-0.25, -0.2) is 0 Å². The van der Waals surface area contributed by atoms with Crippen LogP contribution < -0.4 is 16.0 Å². The Morgan fingerprint density at radius 2 is 1.96 bits per heavy atom. The number of benzene rings is 1. The number of anilines is 1. The molecule has 1 saturated heterocycles. The fourth-order valence-electron chi connectivity index (χ4n) is 2.71. The molecule has 0 radical (unpaired) electrons. The molecule has 0 spiro atoms. The van der Waals surface area contributed by atoms with Crippen LogP contribution in [0.4, 0.5) is 5.69 Å². The first-order valence-corrected chi connectivity index (χ1v) is 9.70. The molecule has 1 heterocycles. The predicted octanol–water partition coefficient (Wildman–Crippen LogP) is 2.17.